The highest BCUT2D eigenvalue weighted by Gasteiger charge is 2.56. The summed E-state index contributed by atoms with van der Waals surface area (Å²) >= 11 is 0. The molecule has 18 atom stereocenters. The van der Waals surface area contributed by atoms with Gasteiger partial charge in [-0.3, -0.25) is 4.79 Å². The number of hydrogen-bond acceptors (Lipinski definition) is 13. The van der Waals surface area contributed by atoms with Crippen LogP contribution in [0.3, 0.4) is 0 Å². The fourth-order valence-corrected chi connectivity index (χ4v) is 16.9. The van der Waals surface area contributed by atoms with Gasteiger partial charge in [-0.15, -0.1) is 0 Å². The Labute approximate surface area is 497 Å². The van der Waals surface area contributed by atoms with Crippen molar-refractivity contribution in [3.05, 3.63) is 36.5 Å². The summed E-state index contributed by atoms with van der Waals surface area (Å²) in [5.41, 5.74) is 2.14. The van der Waals surface area contributed by atoms with E-state index in [1.807, 2.05) is 12.2 Å². The molecule has 0 amide bonds. The predicted molar refractivity (Wildman–Crippen MR) is 336 cm³/mol. The summed E-state index contributed by atoms with van der Waals surface area (Å²) in [7, 11) is -7.73. The van der Waals surface area contributed by atoms with Crippen molar-refractivity contribution in [2.45, 2.75) is 337 Å². The summed E-state index contributed by atoms with van der Waals surface area (Å²) in [5, 5.41) is 24.2. The van der Waals surface area contributed by atoms with Crippen LogP contribution in [0.4, 0.5) is 0 Å². The molecule has 8 aliphatic rings. The highest BCUT2D eigenvalue weighted by atomic mass is 28.4. The number of fused-ring (bicyclic) bond motifs is 2. The number of methoxy groups -OCH3 is 1. The predicted octanol–water partition coefficient (Wildman–Crippen LogP) is 13.9. The van der Waals surface area contributed by atoms with Crippen LogP contribution in [0.15, 0.2) is 36.5 Å². The quantitative estimate of drug-likeness (QED) is 0.141. The van der Waals surface area contributed by atoms with Gasteiger partial charge in [-0.2, -0.15) is 0 Å². The summed E-state index contributed by atoms with van der Waals surface area (Å²) in [4.78, 5) is 15.0. The molecule has 13 unspecified atom stereocenters. The average Bonchev–Trinajstić information content (AvgIpc) is 3.87. The van der Waals surface area contributed by atoms with Crippen molar-refractivity contribution in [3.63, 3.8) is 0 Å². The number of ether oxygens (including phenoxy) is 6. The summed E-state index contributed by atoms with van der Waals surface area (Å²) < 4.78 is 70.6. The Kier molecular flexibility index (Phi) is 22.7. The van der Waals surface area contributed by atoms with E-state index in [4.69, 9.17) is 46.1 Å². The molecule has 5 fully saturated rings. The number of aliphatic hydroxyl groups is 2. The zero-order chi connectivity index (χ0) is 60.8. The molecule has 8 heterocycles. The number of rotatable bonds is 12. The first-order valence-electron chi connectivity index (χ1n) is 31.4. The largest absolute Gasteiger partial charge is 0.414 e. The van der Waals surface area contributed by atoms with Crippen molar-refractivity contribution in [2.75, 3.05) is 13.7 Å². The van der Waals surface area contributed by atoms with Gasteiger partial charge in [-0.25, -0.2) is 0 Å². The first-order chi connectivity index (χ1) is 37.0. The molecule has 81 heavy (non-hydrogen) atoms. The lowest BCUT2D eigenvalue weighted by Gasteiger charge is -2.53. The standard InChI is InChI=1S/C64H118O13Si4/c1-40-33-46-28-31-50-41(2)34-45(70-50)27-25-43(65)26-30-52(76-80(21,22)63(10,11)12)59-60(77-81(23,24)64(13,14)15)56(67)58-51(74-59)32-29-47(72-58)35-44(66)36-49-54(38-53(71-46)42(40)3)73-55(57(49)68-16)37-48(75-79(19,20)62(7,8)9)39-69-78(17,18)61(4,5)6/h26,30,40,43,45-60,65,67H,2-3,25,27-29,31-39H2,1,4-24H3/b30-26+/t40-,43?,45?,46?,47?,48?,49?,50?,51+,52?,53?,54+,55?,56+,57-,58?,59?,60?/m1/s1. The van der Waals surface area contributed by atoms with Gasteiger partial charge in [0, 0.05) is 38.7 Å². The van der Waals surface area contributed by atoms with Gasteiger partial charge in [0.1, 0.15) is 30.2 Å². The van der Waals surface area contributed by atoms with E-state index in [-0.39, 0.29) is 93.3 Å². The molecule has 0 aliphatic carbocycles. The van der Waals surface area contributed by atoms with Crippen LogP contribution in [0, 0.1) is 11.8 Å². The number of carbonyl (C=O) groups excluding carboxylic acids is 1. The van der Waals surface area contributed by atoms with Crippen molar-refractivity contribution in [1.29, 1.82) is 0 Å². The van der Waals surface area contributed by atoms with E-state index < -0.39 is 88.2 Å². The Morgan fingerprint density at radius 3 is 1.78 bits per heavy atom. The van der Waals surface area contributed by atoms with E-state index in [0.717, 1.165) is 36.8 Å². The first kappa shape index (κ1) is 69.4. The number of aliphatic hydroxyl groups excluding tert-OH is 2. The van der Waals surface area contributed by atoms with Crippen molar-refractivity contribution in [1.82, 2.24) is 0 Å². The molecule has 0 saturated carbocycles. The number of hydrogen-bond donors (Lipinski definition) is 2. The van der Waals surface area contributed by atoms with E-state index in [2.05, 4.69) is 156 Å². The third-order valence-corrected chi connectivity index (χ3v) is 39.4. The van der Waals surface area contributed by atoms with Gasteiger partial charge >= 0.3 is 0 Å². The molecule has 5 saturated heterocycles. The van der Waals surface area contributed by atoms with E-state index >= 15 is 0 Å². The second kappa shape index (κ2) is 26.5. The number of Topliss-reactive ketones (excluding diaryl/α,β-unsaturated/α-hetero) is 1. The van der Waals surface area contributed by atoms with Gasteiger partial charge in [0.15, 0.2) is 33.3 Å². The molecule has 0 aromatic carbocycles. The van der Waals surface area contributed by atoms with Crippen molar-refractivity contribution >= 4 is 39.1 Å². The lowest BCUT2D eigenvalue weighted by Crippen LogP contribution is -2.67. The van der Waals surface area contributed by atoms with Gasteiger partial charge in [-0.1, -0.05) is 115 Å². The Hall–Kier alpha value is -0.722. The molecular weight excluding hydrogens is 1090 g/mol. The molecular formula is C64H118O13Si4. The summed E-state index contributed by atoms with van der Waals surface area (Å²) in [6, 6.07) is 0. The fourth-order valence-electron chi connectivity index (χ4n) is 11.9. The van der Waals surface area contributed by atoms with E-state index in [0.29, 0.717) is 45.1 Å². The van der Waals surface area contributed by atoms with Crippen molar-refractivity contribution in [2.24, 2.45) is 11.8 Å². The van der Waals surface area contributed by atoms with Crippen LogP contribution in [-0.2, 0) is 50.9 Å². The minimum absolute atomic E-state index is 0.0165. The Morgan fingerprint density at radius 2 is 1.17 bits per heavy atom. The molecule has 8 aliphatic heterocycles. The van der Waals surface area contributed by atoms with Crippen LogP contribution in [0.1, 0.15) is 167 Å². The molecule has 0 radical (unpaired) electrons. The lowest BCUT2D eigenvalue weighted by atomic mass is 9.81. The zero-order valence-electron chi connectivity index (χ0n) is 55.0. The summed E-state index contributed by atoms with van der Waals surface area (Å²) in [6.07, 6.45) is 3.39. The van der Waals surface area contributed by atoms with Gasteiger partial charge in [0.05, 0.1) is 79.9 Å². The zero-order valence-corrected chi connectivity index (χ0v) is 59.0. The highest BCUT2D eigenvalue weighted by molar-refractivity contribution is 6.75. The van der Waals surface area contributed by atoms with Crippen LogP contribution < -0.4 is 0 Å². The third kappa shape index (κ3) is 17.1. The van der Waals surface area contributed by atoms with Crippen LogP contribution >= 0.6 is 0 Å². The highest BCUT2D eigenvalue weighted by Crippen LogP contribution is 2.47. The maximum Gasteiger partial charge on any atom is 0.193 e. The van der Waals surface area contributed by atoms with Gasteiger partial charge in [-0.05, 0) is 141 Å². The topological polar surface area (TPSA) is 150 Å². The summed E-state index contributed by atoms with van der Waals surface area (Å²) in [6.45, 7) is 56.7. The lowest BCUT2D eigenvalue weighted by molar-refractivity contribution is -0.269. The number of ketones is 1. The van der Waals surface area contributed by atoms with Crippen molar-refractivity contribution in [3.8, 4) is 0 Å². The maximum absolute atomic E-state index is 15.0. The minimum atomic E-state index is -2.56. The van der Waals surface area contributed by atoms with Crippen LogP contribution in [0.5, 0.6) is 0 Å². The first-order valence-corrected chi connectivity index (χ1v) is 43.1. The third-order valence-electron chi connectivity index (χ3n) is 21.4. The molecule has 8 bridgehead atoms. The Bertz CT molecular complexity index is 2140. The minimum Gasteiger partial charge on any atom is -0.414 e. The number of carbonyl (C=O) groups is 1. The van der Waals surface area contributed by atoms with E-state index in [1.165, 1.54) is 0 Å². The van der Waals surface area contributed by atoms with E-state index in [1.54, 1.807) is 7.11 Å². The second-order valence-electron chi connectivity index (χ2n) is 31.9. The van der Waals surface area contributed by atoms with Gasteiger partial charge < -0.3 is 56.3 Å². The smallest absolute Gasteiger partial charge is 0.193 e. The normalized spacial score (nSPS) is 36.9. The molecule has 13 nitrogen and oxygen atoms in total. The molecule has 0 spiro atoms. The fraction of sp³-hybridized carbons (Fsp3) is 0.891. The summed E-state index contributed by atoms with van der Waals surface area (Å²) in [5.74, 6) is -0.0000835. The van der Waals surface area contributed by atoms with Gasteiger partial charge in [0.2, 0.25) is 0 Å². The monoisotopic (exact) mass is 1210 g/mol. The van der Waals surface area contributed by atoms with Crippen LogP contribution in [0.25, 0.3) is 0 Å². The SMILES string of the molecule is C=C1CC2CCC(O)/C=C/C(O[Si](C)(C)C(C)(C)C)C3O[C@H]4CCC(CC(=O)CC5[C@@H](OC)C(CC(CO[Si](C)(C)C(C)(C)C)O[Si](C)(C)C(C)(C)C)O[C@H]5CC5OC(CCC1O2)C[C@@H](C)C5=C)OC4[C@H](O)C3O[Si](C)(C)C(C)(C)C. The van der Waals surface area contributed by atoms with Crippen molar-refractivity contribution < 1.29 is 61.1 Å². The average molecular weight is 1210 g/mol. The van der Waals surface area contributed by atoms with E-state index in [9.17, 15) is 15.0 Å². The molecule has 17 heteroatoms. The van der Waals surface area contributed by atoms with Crippen LogP contribution in [0.2, 0.25) is 72.5 Å². The Balaban J connectivity index is 1.37. The molecule has 0 aromatic rings. The second-order valence-corrected chi connectivity index (χ2v) is 50.9. The molecule has 2 N–H and O–H groups in total. The maximum atomic E-state index is 15.0. The molecule has 8 rings (SSSR count). The van der Waals surface area contributed by atoms with Gasteiger partial charge in [0.25, 0.3) is 0 Å². The molecule has 0 aromatic heterocycles. The molecule has 468 valence electrons. The Morgan fingerprint density at radius 1 is 0.605 bits per heavy atom. The van der Waals surface area contributed by atoms with Crippen LogP contribution in [-0.4, -0.2) is 161 Å².